The number of anilines is 1. The van der Waals surface area contributed by atoms with Crippen molar-refractivity contribution < 1.29 is 0 Å². The van der Waals surface area contributed by atoms with Crippen molar-refractivity contribution in [3.63, 3.8) is 0 Å². The van der Waals surface area contributed by atoms with Gasteiger partial charge in [-0.1, -0.05) is 39.0 Å². The lowest BCUT2D eigenvalue weighted by Crippen LogP contribution is -2.10. The van der Waals surface area contributed by atoms with Crippen LogP contribution >= 0.6 is 0 Å². The highest BCUT2D eigenvalue weighted by Gasteiger charge is 2.01. The summed E-state index contributed by atoms with van der Waals surface area (Å²) in [5, 5.41) is 6.17. The summed E-state index contributed by atoms with van der Waals surface area (Å²) < 4.78 is 0. The van der Waals surface area contributed by atoms with E-state index in [2.05, 4.69) is 42.4 Å². The summed E-state index contributed by atoms with van der Waals surface area (Å²) >= 11 is 0. The van der Waals surface area contributed by atoms with Crippen molar-refractivity contribution in [2.75, 3.05) is 5.01 Å². The van der Waals surface area contributed by atoms with E-state index in [1.165, 1.54) is 5.56 Å². The minimum absolute atomic E-state index is 0.934. The van der Waals surface area contributed by atoms with Crippen molar-refractivity contribution in [1.82, 2.24) is 0 Å². The molecule has 0 bridgehead atoms. The first-order chi connectivity index (χ1) is 7.90. The van der Waals surface area contributed by atoms with Gasteiger partial charge in [-0.15, -0.1) is 0 Å². The lowest BCUT2D eigenvalue weighted by atomic mass is 10.1. The Balaban J connectivity index is 0.000000606. The van der Waals surface area contributed by atoms with E-state index in [0.717, 1.165) is 18.5 Å². The maximum Gasteiger partial charge on any atom is 0.0645 e. The maximum absolute atomic E-state index is 4.28. The summed E-state index contributed by atoms with van der Waals surface area (Å²) in [7, 11) is 0. The van der Waals surface area contributed by atoms with Crippen LogP contribution in [0, 0.1) is 0 Å². The van der Waals surface area contributed by atoms with Crippen molar-refractivity contribution in [2.45, 2.75) is 33.6 Å². The first kappa shape index (κ1) is 12.5. The molecule has 0 spiro atoms. The van der Waals surface area contributed by atoms with Crippen molar-refractivity contribution in [3.05, 3.63) is 42.1 Å². The first-order valence-electron chi connectivity index (χ1n) is 5.97. The molecule has 16 heavy (non-hydrogen) atoms. The van der Waals surface area contributed by atoms with Crippen LogP contribution in [0.3, 0.4) is 0 Å². The Morgan fingerprint density at radius 3 is 2.38 bits per heavy atom. The fraction of sp³-hybridized carbons (Fsp3) is 0.357. The quantitative estimate of drug-likeness (QED) is 0.730. The van der Waals surface area contributed by atoms with Gasteiger partial charge in [0, 0.05) is 18.8 Å². The van der Waals surface area contributed by atoms with Crippen LogP contribution in [-0.2, 0) is 6.42 Å². The zero-order valence-electron chi connectivity index (χ0n) is 10.4. The van der Waals surface area contributed by atoms with E-state index in [0.29, 0.717) is 0 Å². The molecule has 0 amide bonds. The van der Waals surface area contributed by atoms with Crippen LogP contribution < -0.4 is 5.01 Å². The van der Waals surface area contributed by atoms with E-state index in [1.807, 2.05) is 31.3 Å². The normalized spacial score (nSPS) is 13.3. The number of benzene rings is 1. The Kier molecular flexibility index (Phi) is 5.34. The zero-order valence-corrected chi connectivity index (χ0v) is 10.4. The van der Waals surface area contributed by atoms with Gasteiger partial charge < -0.3 is 0 Å². The Bertz CT molecular complexity index is 338. The average Bonchev–Trinajstić information content (AvgIpc) is 2.42. The van der Waals surface area contributed by atoms with Crippen LogP contribution in [0.25, 0.3) is 0 Å². The fourth-order valence-electron chi connectivity index (χ4n) is 1.43. The summed E-state index contributed by atoms with van der Waals surface area (Å²) in [6, 6.07) is 8.50. The van der Waals surface area contributed by atoms with Gasteiger partial charge in [-0.25, -0.2) is 5.01 Å². The average molecular weight is 216 g/mol. The van der Waals surface area contributed by atoms with E-state index >= 15 is 0 Å². The van der Waals surface area contributed by atoms with Crippen LogP contribution in [0.5, 0.6) is 0 Å². The van der Waals surface area contributed by atoms with Gasteiger partial charge >= 0.3 is 0 Å². The predicted molar refractivity (Wildman–Crippen MR) is 71.9 cm³/mol. The molecular weight excluding hydrogens is 196 g/mol. The third-order valence-corrected chi connectivity index (χ3v) is 2.30. The topological polar surface area (TPSA) is 15.6 Å². The van der Waals surface area contributed by atoms with Crippen molar-refractivity contribution in [2.24, 2.45) is 5.10 Å². The molecule has 2 rings (SSSR count). The van der Waals surface area contributed by atoms with Gasteiger partial charge in [-0.3, -0.25) is 0 Å². The number of rotatable bonds is 2. The Labute approximate surface area is 98.3 Å². The Morgan fingerprint density at radius 2 is 1.88 bits per heavy atom. The van der Waals surface area contributed by atoms with Crippen LogP contribution in [0.4, 0.5) is 5.69 Å². The lowest BCUT2D eigenvalue weighted by molar-refractivity contribution is 1.04. The summed E-state index contributed by atoms with van der Waals surface area (Å²) in [6.45, 7) is 6.16. The van der Waals surface area contributed by atoms with Crippen molar-refractivity contribution in [1.29, 1.82) is 0 Å². The number of allylic oxidation sites excluding steroid dienone is 1. The second kappa shape index (κ2) is 6.83. The molecule has 1 aromatic carbocycles. The highest BCUT2D eigenvalue weighted by molar-refractivity contribution is 5.65. The summed E-state index contributed by atoms with van der Waals surface area (Å²) in [6.07, 6.45) is 8.03. The molecule has 0 radical (unpaired) electrons. The SMILES string of the molecule is CC.CCc1ccc(N2C=CCC=N2)cc1. The maximum atomic E-state index is 4.28. The van der Waals surface area contributed by atoms with Gasteiger partial charge in [0.25, 0.3) is 0 Å². The van der Waals surface area contributed by atoms with E-state index in [4.69, 9.17) is 0 Å². The van der Waals surface area contributed by atoms with Crippen LogP contribution in [0.1, 0.15) is 32.8 Å². The van der Waals surface area contributed by atoms with Crippen molar-refractivity contribution >= 4 is 11.9 Å². The lowest BCUT2D eigenvalue weighted by Gasteiger charge is -2.16. The standard InChI is InChI=1S/C12H14N2.C2H6/c1-2-11-5-7-12(8-6-11)14-10-4-3-9-13-14;1-2/h4-10H,2-3H2,1H3;1-2H3. The molecule has 2 nitrogen and oxygen atoms in total. The molecule has 0 aromatic heterocycles. The summed E-state index contributed by atoms with van der Waals surface area (Å²) in [5.74, 6) is 0. The third-order valence-electron chi connectivity index (χ3n) is 2.30. The van der Waals surface area contributed by atoms with Gasteiger partial charge in [0.05, 0.1) is 5.69 Å². The Hall–Kier alpha value is -1.57. The first-order valence-corrected chi connectivity index (χ1v) is 5.97. The van der Waals surface area contributed by atoms with Gasteiger partial charge in [-0.05, 0) is 24.1 Å². The van der Waals surface area contributed by atoms with E-state index in [9.17, 15) is 0 Å². The highest BCUT2D eigenvalue weighted by atomic mass is 15.4. The van der Waals surface area contributed by atoms with Gasteiger partial charge in [0.2, 0.25) is 0 Å². The minimum atomic E-state index is 0.934. The van der Waals surface area contributed by atoms with Crippen LogP contribution in [0.15, 0.2) is 41.6 Å². The second-order valence-corrected chi connectivity index (χ2v) is 3.28. The molecule has 0 fully saturated rings. The zero-order chi connectivity index (χ0) is 11.8. The molecule has 0 saturated carbocycles. The van der Waals surface area contributed by atoms with E-state index in [1.54, 1.807) is 0 Å². The van der Waals surface area contributed by atoms with E-state index in [-0.39, 0.29) is 0 Å². The Morgan fingerprint density at radius 1 is 1.19 bits per heavy atom. The summed E-state index contributed by atoms with van der Waals surface area (Å²) in [4.78, 5) is 0. The minimum Gasteiger partial charge on any atom is -0.242 e. The number of hydrogen-bond donors (Lipinski definition) is 0. The molecule has 0 aliphatic carbocycles. The molecule has 1 aliphatic heterocycles. The predicted octanol–water partition coefficient (Wildman–Crippen LogP) is 3.98. The van der Waals surface area contributed by atoms with Crippen molar-refractivity contribution in [3.8, 4) is 0 Å². The second-order valence-electron chi connectivity index (χ2n) is 3.28. The molecule has 1 aliphatic rings. The van der Waals surface area contributed by atoms with Gasteiger partial charge in [-0.2, -0.15) is 5.10 Å². The van der Waals surface area contributed by atoms with Gasteiger partial charge in [0.15, 0.2) is 0 Å². The van der Waals surface area contributed by atoms with E-state index < -0.39 is 0 Å². The molecule has 0 N–H and O–H groups in total. The number of hydrogen-bond acceptors (Lipinski definition) is 2. The molecule has 0 saturated heterocycles. The van der Waals surface area contributed by atoms with Gasteiger partial charge in [0.1, 0.15) is 0 Å². The number of hydrazone groups is 1. The fourth-order valence-corrected chi connectivity index (χ4v) is 1.43. The van der Waals surface area contributed by atoms with Crippen LogP contribution in [-0.4, -0.2) is 6.21 Å². The monoisotopic (exact) mass is 216 g/mol. The summed E-state index contributed by atoms with van der Waals surface area (Å²) in [5.41, 5.74) is 2.48. The molecule has 2 heteroatoms. The molecule has 0 unspecified atom stereocenters. The smallest absolute Gasteiger partial charge is 0.0645 e. The third kappa shape index (κ3) is 3.23. The largest absolute Gasteiger partial charge is 0.242 e. The molecule has 1 heterocycles. The molecular formula is C14H20N2. The molecule has 0 atom stereocenters. The molecule has 1 aromatic rings. The number of nitrogens with zero attached hydrogens (tertiary/aromatic N) is 2. The number of aryl methyl sites for hydroxylation is 1. The molecule has 86 valence electrons. The highest BCUT2D eigenvalue weighted by Crippen LogP contribution is 2.17. The van der Waals surface area contributed by atoms with Crippen LogP contribution in [0.2, 0.25) is 0 Å².